The van der Waals surface area contributed by atoms with Gasteiger partial charge >= 0.3 is 6.03 Å². The minimum Gasteiger partial charge on any atom is -0.351 e. The van der Waals surface area contributed by atoms with Gasteiger partial charge in [-0.3, -0.25) is 14.6 Å². The van der Waals surface area contributed by atoms with Crippen molar-refractivity contribution < 1.29 is 14.4 Å². The summed E-state index contributed by atoms with van der Waals surface area (Å²) in [7, 11) is 0. The maximum atomic E-state index is 13.0. The first kappa shape index (κ1) is 30.9. The predicted molar refractivity (Wildman–Crippen MR) is 172 cm³/mol. The summed E-state index contributed by atoms with van der Waals surface area (Å²) in [5, 5.41) is 12.0. The minimum absolute atomic E-state index is 0.0507. The third kappa shape index (κ3) is 9.76. The van der Waals surface area contributed by atoms with Crippen LogP contribution in [0.4, 0.5) is 10.5 Å². The molecule has 3 amide bonds. The Morgan fingerprint density at radius 1 is 0.909 bits per heavy atom. The number of benzene rings is 2. The first-order chi connectivity index (χ1) is 21.5. The Labute approximate surface area is 259 Å². The number of hydrogen-bond acceptors (Lipinski definition) is 6. The number of anilines is 1. The molecule has 3 aromatic rings. The number of carbonyl (C=O) groups excluding carboxylic acids is 3. The van der Waals surface area contributed by atoms with Crippen molar-refractivity contribution in [3.8, 4) is 11.8 Å². The van der Waals surface area contributed by atoms with Crippen LogP contribution in [-0.4, -0.2) is 72.9 Å². The van der Waals surface area contributed by atoms with E-state index < -0.39 is 0 Å². The molecule has 1 aliphatic carbocycles. The fraction of sp³-hybridized carbons (Fsp3) is 0.371. The number of Topliss-reactive ketones (excluding diaryl/α,β-unsaturated/α-hetero) is 1. The average molecular weight is 593 g/mol. The number of nitrogens with one attached hydrogen (secondary N) is 4. The third-order valence-corrected chi connectivity index (χ3v) is 7.78. The van der Waals surface area contributed by atoms with Crippen LogP contribution in [0.2, 0.25) is 0 Å². The van der Waals surface area contributed by atoms with E-state index in [-0.39, 0.29) is 24.3 Å². The summed E-state index contributed by atoms with van der Waals surface area (Å²) in [6, 6.07) is 16.2. The molecule has 1 aromatic heterocycles. The number of carbonyl (C=O) groups is 3. The van der Waals surface area contributed by atoms with Crippen molar-refractivity contribution in [1.82, 2.24) is 25.8 Å². The van der Waals surface area contributed by atoms with E-state index in [1.165, 1.54) is 19.3 Å². The number of nitrogens with zero attached hydrogens (tertiary/aromatic N) is 2. The number of pyridine rings is 1. The highest BCUT2D eigenvalue weighted by atomic mass is 16.2. The van der Waals surface area contributed by atoms with Gasteiger partial charge in [-0.15, -0.1) is 0 Å². The van der Waals surface area contributed by atoms with Crippen molar-refractivity contribution in [2.75, 3.05) is 44.6 Å². The van der Waals surface area contributed by atoms with Gasteiger partial charge in [-0.2, -0.15) is 0 Å². The monoisotopic (exact) mass is 592 g/mol. The molecule has 228 valence electrons. The second-order valence-corrected chi connectivity index (χ2v) is 11.3. The van der Waals surface area contributed by atoms with Gasteiger partial charge in [-0.1, -0.05) is 24.3 Å². The molecule has 0 unspecified atom stereocenters. The zero-order valence-electron chi connectivity index (χ0n) is 25.0. The van der Waals surface area contributed by atoms with Gasteiger partial charge in [-0.05, 0) is 99.3 Å². The van der Waals surface area contributed by atoms with Gasteiger partial charge in [0.1, 0.15) is 0 Å². The van der Waals surface area contributed by atoms with Gasteiger partial charge in [0.05, 0.1) is 6.54 Å². The summed E-state index contributed by atoms with van der Waals surface area (Å²) >= 11 is 0. The number of urea groups is 1. The number of aromatic nitrogens is 1. The molecule has 0 atom stereocenters. The highest BCUT2D eigenvalue weighted by Gasteiger charge is 2.22. The van der Waals surface area contributed by atoms with E-state index in [2.05, 4.69) is 43.0 Å². The number of likely N-dealkylation sites (tertiary alicyclic amines) is 1. The van der Waals surface area contributed by atoms with Crippen LogP contribution in [0.5, 0.6) is 0 Å². The van der Waals surface area contributed by atoms with Crippen molar-refractivity contribution in [2.24, 2.45) is 0 Å². The van der Waals surface area contributed by atoms with E-state index in [4.69, 9.17) is 0 Å². The molecule has 1 aliphatic heterocycles. The van der Waals surface area contributed by atoms with Gasteiger partial charge in [-0.25, -0.2) is 4.79 Å². The van der Waals surface area contributed by atoms with E-state index in [9.17, 15) is 14.4 Å². The SMILES string of the molecule is O=C(NCCc1cccnc1)Nc1ccc(C(=O)CNC2CC2)c(C#Cc2ccc(C(=O)NCCN3CCCCC3)cc2)c1. The van der Waals surface area contributed by atoms with Crippen LogP contribution in [0.3, 0.4) is 0 Å². The van der Waals surface area contributed by atoms with Gasteiger partial charge in [0.2, 0.25) is 0 Å². The highest BCUT2D eigenvalue weighted by Crippen LogP contribution is 2.20. The summed E-state index contributed by atoms with van der Waals surface area (Å²) in [4.78, 5) is 44.7. The molecule has 1 saturated heterocycles. The topological polar surface area (TPSA) is 115 Å². The quantitative estimate of drug-likeness (QED) is 0.187. The Kier molecular flexibility index (Phi) is 11.1. The molecular formula is C35H40N6O3. The Balaban J connectivity index is 1.21. The Bertz CT molecular complexity index is 1490. The van der Waals surface area contributed by atoms with Crippen LogP contribution in [0.25, 0.3) is 0 Å². The summed E-state index contributed by atoms with van der Waals surface area (Å²) < 4.78 is 0. The first-order valence-corrected chi connectivity index (χ1v) is 15.5. The highest BCUT2D eigenvalue weighted by molar-refractivity contribution is 6.01. The molecular weight excluding hydrogens is 552 g/mol. The summed E-state index contributed by atoms with van der Waals surface area (Å²) in [5.74, 6) is 6.10. The minimum atomic E-state index is -0.341. The largest absolute Gasteiger partial charge is 0.351 e. The Hall–Kier alpha value is -4.52. The second-order valence-electron chi connectivity index (χ2n) is 11.3. The van der Waals surface area contributed by atoms with Crippen LogP contribution in [0.15, 0.2) is 67.0 Å². The van der Waals surface area contributed by atoms with Crippen molar-refractivity contribution in [1.29, 1.82) is 0 Å². The molecule has 2 aromatic carbocycles. The normalized spacial score (nSPS) is 14.6. The molecule has 0 radical (unpaired) electrons. The lowest BCUT2D eigenvalue weighted by Crippen LogP contribution is -2.37. The van der Waals surface area contributed by atoms with Gasteiger partial charge in [0, 0.05) is 66.0 Å². The van der Waals surface area contributed by atoms with Crippen LogP contribution in [-0.2, 0) is 6.42 Å². The maximum absolute atomic E-state index is 13.0. The summed E-state index contributed by atoms with van der Waals surface area (Å²) in [6.45, 7) is 4.40. The average Bonchev–Trinajstić information content (AvgIpc) is 3.89. The molecule has 0 bridgehead atoms. The van der Waals surface area contributed by atoms with Crippen LogP contribution >= 0.6 is 0 Å². The molecule has 0 spiro atoms. The van der Waals surface area contributed by atoms with E-state index in [1.807, 2.05) is 12.1 Å². The molecule has 4 N–H and O–H groups in total. The zero-order valence-corrected chi connectivity index (χ0v) is 25.0. The number of hydrogen-bond donors (Lipinski definition) is 4. The number of amides is 3. The zero-order chi connectivity index (χ0) is 30.6. The van der Waals surface area contributed by atoms with E-state index in [0.29, 0.717) is 47.9 Å². The van der Waals surface area contributed by atoms with Crippen molar-refractivity contribution in [2.45, 2.75) is 44.6 Å². The molecule has 9 heteroatoms. The van der Waals surface area contributed by atoms with Crippen LogP contribution in [0.1, 0.15) is 69.5 Å². The molecule has 2 fully saturated rings. The number of rotatable bonds is 12. The van der Waals surface area contributed by atoms with E-state index in [0.717, 1.165) is 43.6 Å². The van der Waals surface area contributed by atoms with Gasteiger partial charge < -0.3 is 26.2 Å². The van der Waals surface area contributed by atoms with Crippen LogP contribution in [0, 0.1) is 11.8 Å². The standard InChI is InChI=1S/C35H40N6O3/c42-33(25-39-30-12-13-30)32-15-14-31(40-35(44)38-18-16-27-5-4-17-36-24-27)23-29(32)11-8-26-6-9-28(10-7-26)34(43)37-19-22-41-20-2-1-3-21-41/h4-7,9-10,14-15,17,23-24,30,39H,1-3,12-13,16,18-22,25H2,(H,37,43)(H2,38,40,44). The molecule has 1 saturated carbocycles. The molecule has 9 nitrogen and oxygen atoms in total. The lowest BCUT2D eigenvalue weighted by molar-refractivity contribution is 0.0945. The van der Waals surface area contributed by atoms with E-state index in [1.54, 1.807) is 54.9 Å². The summed E-state index contributed by atoms with van der Waals surface area (Å²) in [5.41, 5.74) is 3.90. The van der Waals surface area contributed by atoms with Crippen molar-refractivity contribution >= 4 is 23.4 Å². The predicted octanol–water partition coefficient (Wildman–Crippen LogP) is 4.00. The second kappa shape index (κ2) is 15.8. The third-order valence-electron chi connectivity index (χ3n) is 7.78. The van der Waals surface area contributed by atoms with Gasteiger partial charge in [0.15, 0.2) is 5.78 Å². The lowest BCUT2D eigenvalue weighted by atomic mass is 10.0. The van der Waals surface area contributed by atoms with E-state index >= 15 is 0 Å². The molecule has 2 aliphatic rings. The Morgan fingerprint density at radius 3 is 2.48 bits per heavy atom. The lowest BCUT2D eigenvalue weighted by Gasteiger charge is -2.26. The summed E-state index contributed by atoms with van der Waals surface area (Å²) in [6.07, 6.45) is 10.1. The molecule has 2 heterocycles. The van der Waals surface area contributed by atoms with Crippen LogP contribution < -0.4 is 21.3 Å². The number of piperidine rings is 1. The molecule has 44 heavy (non-hydrogen) atoms. The van der Waals surface area contributed by atoms with Crippen molar-refractivity contribution in [3.05, 3.63) is 94.8 Å². The first-order valence-electron chi connectivity index (χ1n) is 15.5. The maximum Gasteiger partial charge on any atom is 0.319 e. The fourth-order valence-corrected chi connectivity index (χ4v) is 5.09. The van der Waals surface area contributed by atoms with Crippen molar-refractivity contribution in [3.63, 3.8) is 0 Å². The Morgan fingerprint density at radius 2 is 1.73 bits per heavy atom. The fourth-order valence-electron chi connectivity index (χ4n) is 5.09. The smallest absolute Gasteiger partial charge is 0.319 e. The number of ketones is 1. The van der Waals surface area contributed by atoms with Gasteiger partial charge in [0.25, 0.3) is 5.91 Å². The molecule has 5 rings (SSSR count).